The second kappa shape index (κ2) is 6.38. The summed E-state index contributed by atoms with van der Waals surface area (Å²) in [6.45, 7) is 2.53. The Morgan fingerprint density at radius 3 is 2.54 bits per heavy atom. The molecule has 0 unspecified atom stereocenters. The van der Waals surface area contributed by atoms with Crippen molar-refractivity contribution in [1.82, 2.24) is 10.3 Å². The van der Waals surface area contributed by atoms with Crippen LogP contribution in [0.2, 0.25) is 0 Å². The first-order valence-corrected chi connectivity index (χ1v) is 4.08. The molecule has 0 aliphatic carbocycles. The highest BCUT2D eigenvalue weighted by Crippen LogP contribution is 1.92. The lowest BCUT2D eigenvalue weighted by Crippen LogP contribution is -2.45. The Balaban J connectivity index is 4.06. The Labute approximate surface area is 76.7 Å². The van der Waals surface area contributed by atoms with E-state index in [0.29, 0.717) is 19.5 Å². The highest BCUT2D eigenvalue weighted by molar-refractivity contribution is 6.34. The maximum atomic E-state index is 11.2. The number of rotatable bonds is 4. The van der Waals surface area contributed by atoms with Crippen molar-refractivity contribution in [3.63, 3.8) is 0 Å². The van der Waals surface area contributed by atoms with Gasteiger partial charge in [-0.25, -0.2) is 5.84 Å². The Bertz CT molecular complexity index is 184. The van der Waals surface area contributed by atoms with Crippen LogP contribution in [0.5, 0.6) is 0 Å². The summed E-state index contributed by atoms with van der Waals surface area (Å²) in [6.07, 6.45) is 0.456. The number of likely N-dealkylation sites (N-methyl/N-ethyl adjacent to an activating group) is 1. The number of hydrogen-bond acceptors (Lipinski definition) is 4. The molecule has 0 aromatic heterocycles. The third-order valence-corrected chi connectivity index (χ3v) is 1.58. The van der Waals surface area contributed by atoms with Crippen LogP contribution < -0.4 is 11.3 Å². The first kappa shape index (κ1) is 11.9. The summed E-state index contributed by atoms with van der Waals surface area (Å²) < 4.78 is 0. The van der Waals surface area contributed by atoms with Crippen molar-refractivity contribution in [2.24, 2.45) is 5.84 Å². The average Bonchev–Trinajstić information content (AvgIpc) is 2.17. The molecule has 0 aliphatic heterocycles. The van der Waals surface area contributed by atoms with Gasteiger partial charge >= 0.3 is 11.8 Å². The molecule has 0 aromatic carbocycles. The van der Waals surface area contributed by atoms with E-state index in [9.17, 15) is 9.59 Å². The van der Waals surface area contributed by atoms with E-state index in [1.54, 1.807) is 12.3 Å². The molecule has 0 rings (SSSR count). The van der Waals surface area contributed by atoms with Crippen LogP contribution in [0.25, 0.3) is 0 Å². The zero-order valence-electron chi connectivity index (χ0n) is 7.62. The first-order valence-electron chi connectivity index (χ1n) is 4.08. The minimum absolute atomic E-state index is 0.00593. The van der Waals surface area contributed by atoms with Gasteiger partial charge in [0, 0.05) is 19.7 Å². The monoisotopic (exact) mass is 189 g/mol. The molecule has 4 N–H and O–H groups in total. The Hall–Kier alpha value is -1.14. The van der Waals surface area contributed by atoms with Gasteiger partial charge in [0.15, 0.2) is 0 Å². The normalized spacial score (nSPS) is 9.46. The molecule has 6 heteroatoms. The van der Waals surface area contributed by atoms with Crippen molar-refractivity contribution in [3.05, 3.63) is 0 Å². The van der Waals surface area contributed by atoms with Gasteiger partial charge in [-0.1, -0.05) is 0 Å². The van der Waals surface area contributed by atoms with Crippen LogP contribution in [-0.2, 0) is 9.59 Å². The van der Waals surface area contributed by atoms with Gasteiger partial charge in [-0.05, 0) is 13.3 Å². The van der Waals surface area contributed by atoms with Gasteiger partial charge in [0.05, 0.1) is 0 Å². The second-order valence-corrected chi connectivity index (χ2v) is 2.44. The molecule has 2 amide bonds. The quantitative estimate of drug-likeness (QED) is 0.210. The van der Waals surface area contributed by atoms with E-state index in [0.717, 1.165) is 0 Å². The molecule has 0 saturated heterocycles. The fraction of sp³-hybridized carbons (Fsp3) is 0.714. The molecule has 0 spiro atoms. The number of nitrogens with one attached hydrogen (secondary N) is 1. The van der Waals surface area contributed by atoms with Gasteiger partial charge in [-0.2, -0.15) is 0 Å². The van der Waals surface area contributed by atoms with Crippen molar-refractivity contribution >= 4 is 11.8 Å². The predicted octanol–water partition coefficient (Wildman–Crippen LogP) is -1.79. The fourth-order valence-electron chi connectivity index (χ4n) is 0.870. The number of carbonyl (C=O) groups excluding carboxylic acids is 2. The van der Waals surface area contributed by atoms with E-state index in [4.69, 9.17) is 10.9 Å². The van der Waals surface area contributed by atoms with Gasteiger partial charge in [0.25, 0.3) is 0 Å². The molecule has 76 valence electrons. The Kier molecular flexibility index (Phi) is 5.82. The van der Waals surface area contributed by atoms with E-state index >= 15 is 0 Å². The molecule has 6 nitrogen and oxygen atoms in total. The summed E-state index contributed by atoms with van der Waals surface area (Å²) in [5.41, 5.74) is 1.76. The molecular formula is C7H15N3O3. The molecule has 13 heavy (non-hydrogen) atoms. The topological polar surface area (TPSA) is 95.7 Å². The number of aliphatic hydroxyl groups excluding tert-OH is 1. The first-order chi connectivity index (χ1) is 6.17. The summed E-state index contributed by atoms with van der Waals surface area (Å²) in [6, 6.07) is 0. The molecule has 0 radical (unpaired) electrons. The largest absolute Gasteiger partial charge is 0.396 e. The van der Waals surface area contributed by atoms with Crippen molar-refractivity contribution < 1.29 is 14.7 Å². The lowest BCUT2D eigenvalue weighted by Gasteiger charge is -2.18. The van der Waals surface area contributed by atoms with Crippen LogP contribution in [0.1, 0.15) is 13.3 Å². The summed E-state index contributed by atoms with van der Waals surface area (Å²) in [5.74, 6) is 3.30. The van der Waals surface area contributed by atoms with Crippen molar-refractivity contribution in [1.29, 1.82) is 0 Å². The zero-order valence-corrected chi connectivity index (χ0v) is 7.62. The molecule has 0 aliphatic rings. The molecule has 0 fully saturated rings. The molecule has 0 atom stereocenters. The maximum absolute atomic E-state index is 11.2. The Morgan fingerprint density at radius 1 is 1.54 bits per heavy atom. The molecule has 0 aromatic rings. The standard InChI is InChI=1S/C7H15N3O3/c1-2-10(4-3-5-11)7(13)6(12)9-8/h11H,2-5,8H2,1H3,(H,9,12). The Morgan fingerprint density at radius 2 is 2.15 bits per heavy atom. The lowest BCUT2D eigenvalue weighted by atomic mass is 10.3. The second-order valence-electron chi connectivity index (χ2n) is 2.44. The highest BCUT2D eigenvalue weighted by Gasteiger charge is 2.18. The molecule has 0 bridgehead atoms. The van der Waals surface area contributed by atoms with Gasteiger partial charge in [0.2, 0.25) is 0 Å². The number of aliphatic hydroxyl groups is 1. The van der Waals surface area contributed by atoms with Crippen LogP contribution in [-0.4, -0.2) is 41.5 Å². The van der Waals surface area contributed by atoms with E-state index in [2.05, 4.69) is 0 Å². The summed E-state index contributed by atoms with van der Waals surface area (Å²) >= 11 is 0. The number of amides is 2. The van der Waals surface area contributed by atoms with Crippen molar-refractivity contribution in [2.75, 3.05) is 19.7 Å². The smallest absolute Gasteiger partial charge is 0.323 e. The van der Waals surface area contributed by atoms with Gasteiger partial charge in [-0.15, -0.1) is 0 Å². The fourth-order valence-corrected chi connectivity index (χ4v) is 0.870. The number of nitrogens with zero attached hydrogens (tertiary/aromatic N) is 1. The van der Waals surface area contributed by atoms with Crippen LogP contribution in [0, 0.1) is 0 Å². The molecule has 0 saturated carbocycles. The van der Waals surface area contributed by atoms with Crippen LogP contribution >= 0.6 is 0 Å². The summed E-state index contributed by atoms with van der Waals surface area (Å²) in [7, 11) is 0. The van der Waals surface area contributed by atoms with Crippen LogP contribution in [0.15, 0.2) is 0 Å². The SMILES string of the molecule is CCN(CCCO)C(=O)C(=O)NN. The predicted molar refractivity (Wildman–Crippen MR) is 46.3 cm³/mol. The number of carbonyl (C=O) groups is 2. The maximum Gasteiger partial charge on any atom is 0.323 e. The minimum atomic E-state index is -0.834. The number of hydrazine groups is 1. The van der Waals surface area contributed by atoms with Gasteiger partial charge in [-0.3, -0.25) is 15.0 Å². The van der Waals surface area contributed by atoms with Crippen LogP contribution in [0.3, 0.4) is 0 Å². The van der Waals surface area contributed by atoms with E-state index in [-0.39, 0.29) is 6.61 Å². The van der Waals surface area contributed by atoms with E-state index in [1.165, 1.54) is 4.90 Å². The molecular weight excluding hydrogens is 174 g/mol. The molecule has 0 heterocycles. The van der Waals surface area contributed by atoms with Gasteiger partial charge in [0.1, 0.15) is 0 Å². The summed E-state index contributed by atoms with van der Waals surface area (Å²) in [4.78, 5) is 23.3. The van der Waals surface area contributed by atoms with Gasteiger partial charge < -0.3 is 10.0 Å². The third kappa shape index (κ3) is 3.86. The van der Waals surface area contributed by atoms with E-state index in [1.807, 2.05) is 0 Å². The minimum Gasteiger partial charge on any atom is -0.396 e. The third-order valence-electron chi connectivity index (χ3n) is 1.58. The summed E-state index contributed by atoms with van der Waals surface area (Å²) in [5, 5.41) is 8.53. The van der Waals surface area contributed by atoms with Crippen molar-refractivity contribution in [2.45, 2.75) is 13.3 Å². The van der Waals surface area contributed by atoms with Crippen molar-refractivity contribution in [3.8, 4) is 0 Å². The van der Waals surface area contributed by atoms with Crippen LogP contribution in [0.4, 0.5) is 0 Å². The van der Waals surface area contributed by atoms with E-state index < -0.39 is 11.8 Å². The average molecular weight is 189 g/mol. The number of nitrogens with two attached hydrogens (primary N) is 1. The number of hydrogen-bond donors (Lipinski definition) is 3. The lowest BCUT2D eigenvalue weighted by molar-refractivity contribution is -0.145. The highest BCUT2D eigenvalue weighted by atomic mass is 16.3. The zero-order chi connectivity index (χ0) is 10.3.